The molecule has 0 saturated carbocycles. The number of phenols is 1. The van der Waals surface area contributed by atoms with Crippen molar-refractivity contribution in [1.82, 2.24) is 9.21 Å². The predicted molar refractivity (Wildman–Crippen MR) is 131 cm³/mol. The van der Waals surface area contributed by atoms with Crippen LogP contribution in [0.5, 0.6) is 5.75 Å². The Balaban J connectivity index is 1.28. The zero-order chi connectivity index (χ0) is 24.3. The monoisotopic (exact) mass is 488 g/mol. The van der Waals surface area contributed by atoms with Gasteiger partial charge in [-0.15, -0.1) is 0 Å². The van der Waals surface area contributed by atoms with Crippen LogP contribution in [0.25, 0.3) is 0 Å². The summed E-state index contributed by atoms with van der Waals surface area (Å²) in [6.45, 7) is 7.74. The summed E-state index contributed by atoms with van der Waals surface area (Å²) in [6, 6.07) is 13.4. The summed E-state index contributed by atoms with van der Waals surface area (Å²) in [6.07, 6.45) is -0.305. The molecule has 2 atom stereocenters. The van der Waals surface area contributed by atoms with Crippen molar-refractivity contribution in [2.45, 2.75) is 31.0 Å². The van der Waals surface area contributed by atoms with Crippen molar-refractivity contribution < 1.29 is 23.1 Å². The van der Waals surface area contributed by atoms with Crippen molar-refractivity contribution in [3.63, 3.8) is 0 Å². The maximum atomic E-state index is 13.0. The number of aromatic hydroxyl groups is 1. The van der Waals surface area contributed by atoms with Gasteiger partial charge in [0.25, 0.3) is 0 Å². The van der Waals surface area contributed by atoms with Gasteiger partial charge < -0.3 is 20.1 Å². The first-order valence-electron chi connectivity index (χ1n) is 11.5. The smallest absolute Gasteiger partial charge is 0.243 e. The molecule has 2 aliphatic heterocycles. The molecule has 4 rings (SSSR count). The quantitative estimate of drug-likeness (QED) is 0.641. The molecule has 9 nitrogen and oxygen atoms in total. The average Bonchev–Trinajstić information content (AvgIpc) is 2.80. The number of piperazine rings is 1. The van der Waals surface area contributed by atoms with Crippen molar-refractivity contribution >= 4 is 27.3 Å². The van der Waals surface area contributed by atoms with E-state index in [-0.39, 0.29) is 35.3 Å². The predicted octanol–water partition coefficient (Wildman–Crippen LogP) is 1.95. The Hall–Kier alpha value is -2.66. The summed E-state index contributed by atoms with van der Waals surface area (Å²) in [5.41, 5.74) is 1.62. The van der Waals surface area contributed by atoms with E-state index in [4.69, 9.17) is 4.74 Å². The van der Waals surface area contributed by atoms with Crippen LogP contribution in [0, 0.1) is 0 Å². The first-order chi connectivity index (χ1) is 16.2. The van der Waals surface area contributed by atoms with Crippen LogP contribution in [0.4, 0.5) is 11.4 Å². The molecular weight excluding hydrogens is 456 g/mol. The molecule has 0 bridgehead atoms. The molecule has 2 unspecified atom stereocenters. The lowest BCUT2D eigenvalue weighted by Crippen LogP contribution is -2.48. The number of carbonyl (C=O) groups excluding carboxylic acids is 1. The first kappa shape index (κ1) is 24.5. The van der Waals surface area contributed by atoms with Crippen molar-refractivity contribution in [3.05, 3.63) is 48.5 Å². The highest BCUT2D eigenvalue weighted by Crippen LogP contribution is 2.23. The van der Waals surface area contributed by atoms with E-state index >= 15 is 0 Å². The van der Waals surface area contributed by atoms with E-state index in [1.807, 2.05) is 26.0 Å². The van der Waals surface area contributed by atoms with Crippen LogP contribution in [-0.4, -0.2) is 86.7 Å². The van der Waals surface area contributed by atoms with Crippen molar-refractivity contribution in [3.8, 4) is 5.75 Å². The fraction of sp³-hybridized carbons (Fsp3) is 0.458. The minimum atomic E-state index is -3.61. The molecule has 0 aromatic heterocycles. The van der Waals surface area contributed by atoms with Crippen molar-refractivity contribution in [2.75, 3.05) is 56.0 Å². The van der Waals surface area contributed by atoms with E-state index in [0.29, 0.717) is 18.8 Å². The van der Waals surface area contributed by atoms with Gasteiger partial charge >= 0.3 is 0 Å². The molecular formula is C24H32N4O5S. The number of hydrogen-bond donors (Lipinski definition) is 2. The lowest BCUT2D eigenvalue weighted by molar-refractivity contribution is -0.117. The number of hydrogen-bond acceptors (Lipinski definition) is 7. The van der Waals surface area contributed by atoms with E-state index in [9.17, 15) is 18.3 Å². The lowest BCUT2D eigenvalue weighted by atomic mass is 10.2. The molecule has 2 aliphatic rings. The average molecular weight is 489 g/mol. The van der Waals surface area contributed by atoms with Crippen LogP contribution < -0.4 is 10.2 Å². The summed E-state index contributed by atoms with van der Waals surface area (Å²) in [5.74, 6) is 0.111. The molecule has 34 heavy (non-hydrogen) atoms. The lowest BCUT2D eigenvalue weighted by Gasteiger charge is -2.35. The number of nitrogens with zero attached hydrogens (tertiary/aromatic N) is 3. The zero-order valence-corrected chi connectivity index (χ0v) is 20.4. The number of nitrogens with one attached hydrogen (secondary N) is 1. The summed E-state index contributed by atoms with van der Waals surface area (Å²) >= 11 is 0. The van der Waals surface area contributed by atoms with E-state index in [0.717, 1.165) is 31.9 Å². The third-order valence-electron chi connectivity index (χ3n) is 6.12. The summed E-state index contributed by atoms with van der Waals surface area (Å²) in [7, 11) is -3.61. The molecule has 10 heteroatoms. The Morgan fingerprint density at radius 2 is 1.56 bits per heavy atom. The molecule has 2 aromatic rings. The number of amides is 1. The maximum absolute atomic E-state index is 13.0. The van der Waals surface area contributed by atoms with Crippen LogP contribution in [0.1, 0.15) is 13.8 Å². The SMILES string of the molecule is CC1CN(S(=O)(=O)c2ccc(NC(=O)CN3CCN(c4ccc(O)cc4)CC3)cc2)CC(C)O1. The van der Waals surface area contributed by atoms with Gasteiger partial charge in [0.1, 0.15) is 5.75 Å². The van der Waals surface area contributed by atoms with Gasteiger partial charge in [0, 0.05) is 50.6 Å². The number of benzene rings is 2. The number of carbonyl (C=O) groups is 1. The molecule has 2 fully saturated rings. The van der Waals surface area contributed by atoms with Gasteiger partial charge in [0.05, 0.1) is 23.6 Å². The van der Waals surface area contributed by atoms with E-state index < -0.39 is 10.0 Å². The number of sulfonamides is 1. The molecule has 2 saturated heterocycles. The van der Waals surface area contributed by atoms with Crippen molar-refractivity contribution in [2.24, 2.45) is 0 Å². The molecule has 0 aliphatic carbocycles. The first-order valence-corrected chi connectivity index (χ1v) is 13.0. The second kappa shape index (κ2) is 10.3. The van der Waals surface area contributed by atoms with Crippen LogP contribution in [0.15, 0.2) is 53.4 Å². The minimum absolute atomic E-state index is 0.135. The number of anilines is 2. The van der Waals surface area contributed by atoms with Gasteiger partial charge in [-0.05, 0) is 62.4 Å². The van der Waals surface area contributed by atoms with Gasteiger partial charge in [0.15, 0.2) is 0 Å². The Bertz CT molecular complexity index is 1070. The molecule has 1 amide bonds. The Kier molecular flexibility index (Phi) is 7.42. The highest BCUT2D eigenvalue weighted by molar-refractivity contribution is 7.89. The van der Waals surface area contributed by atoms with E-state index in [2.05, 4.69) is 15.1 Å². The molecule has 184 valence electrons. The largest absolute Gasteiger partial charge is 0.508 e. The van der Waals surface area contributed by atoms with Gasteiger partial charge in [-0.1, -0.05) is 0 Å². The van der Waals surface area contributed by atoms with Gasteiger partial charge in [0.2, 0.25) is 15.9 Å². The summed E-state index contributed by atoms with van der Waals surface area (Å²) in [4.78, 5) is 17.1. The number of rotatable bonds is 6. The fourth-order valence-electron chi connectivity index (χ4n) is 4.42. The van der Waals surface area contributed by atoms with Gasteiger partial charge in [-0.3, -0.25) is 9.69 Å². The highest BCUT2D eigenvalue weighted by Gasteiger charge is 2.32. The third-order valence-corrected chi connectivity index (χ3v) is 7.96. The number of ether oxygens (including phenoxy) is 1. The number of morpholine rings is 1. The number of phenolic OH excluding ortho intramolecular Hbond substituents is 1. The second-order valence-corrected chi connectivity index (χ2v) is 10.9. The summed E-state index contributed by atoms with van der Waals surface area (Å²) < 4.78 is 33.1. The zero-order valence-electron chi connectivity index (χ0n) is 19.6. The van der Waals surface area contributed by atoms with Crippen LogP contribution in [0.3, 0.4) is 0 Å². The van der Waals surface area contributed by atoms with Gasteiger partial charge in [-0.2, -0.15) is 4.31 Å². The molecule has 0 spiro atoms. The van der Waals surface area contributed by atoms with E-state index in [1.165, 1.54) is 16.4 Å². The Labute approximate surface area is 201 Å². The molecule has 2 aromatic carbocycles. The van der Waals surface area contributed by atoms with Crippen LogP contribution in [-0.2, 0) is 19.6 Å². The Morgan fingerprint density at radius 1 is 0.971 bits per heavy atom. The van der Waals surface area contributed by atoms with Crippen molar-refractivity contribution in [1.29, 1.82) is 0 Å². The second-order valence-electron chi connectivity index (χ2n) is 8.93. The molecule has 2 heterocycles. The standard InChI is InChI=1S/C24H32N4O5S/c1-18-15-28(16-19(2)33-18)34(31,32)23-9-3-20(4-10-23)25-24(30)17-26-11-13-27(14-12-26)21-5-7-22(29)8-6-21/h3-10,18-19,29H,11-17H2,1-2H3,(H,25,30). The van der Waals surface area contributed by atoms with Crippen LogP contribution >= 0.6 is 0 Å². The normalized spacial score (nSPS) is 22.5. The fourth-order valence-corrected chi connectivity index (χ4v) is 6.01. The van der Waals surface area contributed by atoms with Crippen LogP contribution in [0.2, 0.25) is 0 Å². The summed E-state index contributed by atoms with van der Waals surface area (Å²) in [5, 5.41) is 12.3. The Morgan fingerprint density at radius 3 is 2.15 bits per heavy atom. The molecule has 0 radical (unpaired) electrons. The third kappa shape index (κ3) is 5.87. The molecule has 2 N–H and O–H groups in total. The highest BCUT2D eigenvalue weighted by atomic mass is 32.2. The topological polar surface area (TPSA) is 102 Å². The van der Waals surface area contributed by atoms with Gasteiger partial charge in [-0.25, -0.2) is 8.42 Å². The van der Waals surface area contributed by atoms with E-state index in [1.54, 1.807) is 24.3 Å². The maximum Gasteiger partial charge on any atom is 0.243 e. The minimum Gasteiger partial charge on any atom is -0.508 e.